The average molecular weight is 215 g/mol. The standard InChI is InChI=1S/C15H21N/c1-11-4-7-14(12(2)10-11)15(13-5-6-13)8-3-9-16-15/h4,7,10,13,16H,3,5-6,8-9H2,1-2H3. The molecule has 1 saturated carbocycles. The van der Waals surface area contributed by atoms with Crippen molar-refractivity contribution in [2.75, 3.05) is 6.54 Å². The molecule has 1 aliphatic heterocycles. The van der Waals surface area contributed by atoms with Gasteiger partial charge in [0, 0.05) is 5.54 Å². The lowest BCUT2D eigenvalue weighted by Gasteiger charge is -2.32. The maximum Gasteiger partial charge on any atom is 0.0466 e. The molecule has 1 aromatic rings. The summed E-state index contributed by atoms with van der Waals surface area (Å²) < 4.78 is 0. The van der Waals surface area contributed by atoms with Gasteiger partial charge in [-0.05, 0) is 63.1 Å². The molecule has 1 heteroatoms. The molecule has 16 heavy (non-hydrogen) atoms. The Bertz CT molecular complexity index is 398. The highest BCUT2D eigenvalue weighted by Crippen LogP contribution is 2.50. The smallest absolute Gasteiger partial charge is 0.0466 e. The molecule has 0 spiro atoms. The van der Waals surface area contributed by atoms with E-state index in [9.17, 15) is 0 Å². The summed E-state index contributed by atoms with van der Waals surface area (Å²) in [5.74, 6) is 0.899. The fourth-order valence-electron chi connectivity index (χ4n) is 3.46. The van der Waals surface area contributed by atoms with Gasteiger partial charge in [-0.25, -0.2) is 0 Å². The lowest BCUT2D eigenvalue weighted by Crippen LogP contribution is -2.39. The summed E-state index contributed by atoms with van der Waals surface area (Å²) in [6.07, 6.45) is 5.51. The highest BCUT2D eigenvalue weighted by Gasteiger charge is 2.48. The topological polar surface area (TPSA) is 12.0 Å². The third-order valence-corrected chi connectivity index (χ3v) is 4.33. The van der Waals surface area contributed by atoms with Gasteiger partial charge in [0.2, 0.25) is 0 Å². The molecule has 2 fully saturated rings. The summed E-state index contributed by atoms with van der Waals surface area (Å²) in [6, 6.07) is 6.97. The van der Waals surface area contributed by atoms with Crippen molar-refractivity contribution in [2.45, 2.75) is 45.1 Å². The normalized spacial score (nSPS) is 29.6. The van der Waals surface area contributed by atoms with Crippen LogP contribution in [0.1, 0.15) is 42.4 Å². The third kappa shape index (κ3) is 1.49. The molecule has 1 aliphatic carbocycles. The molecule has 2 aliphatic rings. The molecule has 1 atom stereocenters. The summed E-state index contributed by atoms with van der Waals surface area (Å²) in [5, 5.41) is 3.81. The first-order valence-corrected chi connectivity index (χ1v) is 6.55. The van der Waals surface area contributed by atoms with Crippen LogP contribution in [0.2, 0.25) is 0 Å². The second-order valence-electron chi connectivity index (χ2n) is 5.59. The van der Waals surface area contributed by atoms with E-state index in [1.807, 2.05) is 0 Å². The van der Waals surface area contributed by atoms with Crippen molar-refractivity contribution in [2.24, 2.45) is 5.92 Å². The van der Waals surface area contributed by atoms with E-state index < -0.39 is 0 Å². The van der Waals surface area contributed by atoms with Crippen LogP contribution in [-0.2, 0) is 5.54 Å². The van der Waals surface area contributed by atoms with E-state index in [1.54, 1.807) is 5.56 Å². The Morgan fingerprint density at radius 2 is 2.06 bits per heavy atom. The van der Waals surface area contributed by atoms with E-state index in [0.29, 0.717) is 5.54 Å². The van der Waals surface area contributed by atoms with Crippen LogP contribution in [0.3, 0.4) is 0 Å². The average Bonchev–Trinajstić information content (AvgIpc) is 2.99. The third-order valence-electron chi connectivity index (χ3n) is 4.33. The summed E-state index contributed by atoms with van der Waals surface area (Å²) in [4.78, 5) is 0. The van der Waals surface area contributed by atoms with Crippen LogP contribution in [0.5, 0.6) is 0 Å². The van der Waals surface area contributed by atoms with Gasteiger partial charge in [0.1, 0.15) is 0 Å². The highest BCUT2D eigenvalue weighted by molar-refractivity contribution is 5.38. The molecule has 0 aromatic heterocycles. The number of aryl methyl sites for hydroxylation is 2. The van der Waals surface area contributed by atoms with E-state index in [2.05, 4.69) is 37.4 Å². The van der Waals surface area contributed by atoms with Crippen LogP contribution >= 0.6 is 0 Å². The zero-order valence-corrected chi connectivity index (χ0v) is 10.3. The predicted molar refractivity (Wildman–Crippen MR) is 67.6 cm³/mol. The maximum atomic E-state index is 3.81. The Morgan fingerprint density at radius 3 is 2.62 bits per heavy atom. The zero-order chi connectivity index (χ0) is 11.2. The molecular weight excluding hydrogens is 194 g/mol. The summed E-state index contributed by atoms with van der Waals surface area (Å²) >= 11 is 0. The van der Waals surface area contributed by atoms with Crippen molar-refractivity contribution in [3.63, 3.8) is 0 Å². The Labute approximate surface area is 98.3 Å². The Hall–Kier alpha value is -0.820. The fourth-order valence-corrected chi connectivity index (χ4v) is 3.46. The second-order valence-corrected chi connectivity index (χ2v) is 5.59. The van der Waals surface area contributed by atoms with Gasteiger partial charge < -0.3 is 5.32 Å². The van der Waals surface area contributed by atoms with E-state index in [-0.39, 0.29) is 0 Å². The molecule has 0 amide bonds. The molecule has 1 nitrogen and oxygen atoms in total. The number of hydrogen-bond acceptors (Lipinski definition) is 1. The molecule has 1 heterocycles. The van der Waals surface area contributed by atoms with Gasteiger partial charge in [-0.2, -0.15) is 0 Å². The molecule has 0 radical (unpaired) electrons. The molecule has 0 bridgehead atoms. The first-order valence-electron chi connectivity index (χ1n) is 6.55. The van der Waals surface area contributed by atoms with Gasteiger partial charge in [-0.1, -0.05) is 23.8 Å². The van der Waals surface area contributed by atoms with Crippen molar-refractivity contribution >= 4 is 0 Å². The molecule has 86 valence electrons. The van der Waals surface area contributed by atoms with E-state index in [4.69, 9.17) is 0 Å². The lowest BCUT2D eigenvalue weighted by molar-refractivity contribution is 0.334. The van der Waals surface area contributed by atoms with E-state index in [1.165, 1.54) is 43.4 Å². The Balaban J connectivity index is 2.05. The fraction of sp³-hybridized carbons (Fsp3) is 0.600. The number of hydrogen-bond donors (Lipinski definition) is 1. The van der Waals surface area contributed by atoms with Crippen LogP contribution in [0.25, 0.3) is 0 Å². The Morgan fingerprint density at radius 1 is 1.25 bits per heavy atom. The lowest BCUT2D eigenvalue weighted by atomic mass is 9.81. The first kappa shape index (κ1) is 10.3. The molecule has 1 saturated heterocycles. The monoisotopic (exact) mass is 215 g/mol. The van der Waals surface area contributed by atoms with Gasteiger partial charge in [0.05, 0.1) is 0 Å². The van der Waals surface area contributed by atoms with Gasteiger partial charge in [0.15, 0.2) is 0 Å². The highest BCUT2D eigenvalue weighted by atomic mass is 15.0. The van der Waals surface area contributed by atoms with E-state index >= 15 is 0 Å². The predicted octanol–water partition coefficient (Wildman–Crippen LogP) is 3.29. The molecule has 1 unspecified atom stereocenters. The Kier molecular flexibility index (Phi) is 2.32. The van der Waals surface area contributed by atoms with Crippen LogP contribution in [0.4, 0.5) is 0 Å². The molecule has 1 aromatic carbocycles. The van der Waals surface area contributed by atoms with Crippen LogP contribution in [-0.4, -0.2) is 6.54 Å². The minimum atomic E-state index is 0.331. The number of rotatable bonds is 2. The maximum absolute atomic E-state index is 3.81. The van der Waals surface area contributed by atoms with Crippen molar-refractivity contribution in [3.8, 4) is 0 Å². The van der Waals surface area contributed by atoms with Crippen molar-refractivity contribution in [1.82, 2.24) is 5.32 Å². The largest absolute Gasteiger partial charge is 0.307 e. The van der Waals surface area contributed by atoms with Gasteiger partial charge in [-0.15, -0.1) is 0 Å². The molecular formula is C15H21N. The minimum absolute atomic E-state index is 0.331. The quantitative estimate of drug-likeness (QED) is 0.798. The van der Waals surface area contributed by atoms with E-state index in [0.717, 1.165) is 5.92 Å². The number of nitrogens with one attached hydrogen (secondary N) is 1. The molecule has 1 N–H and O–H groups in total. The second kappa shape index (κ2) is 3.59. The minimum Gasteiger partial charge on any atom is -0.307 e. The van der Waals surface area contributed by atoms with Crippen LogP contribution < -0.4 is 5.32 Å². The van der Waals surface area contributed by atoms with Crippen LogP contribution in [0, 0.1) is 19.8 Å². The van der Waals surface area contributed by atoms with Crippen LogP contribution in [0.15, 0.2) is 18.2 Å². The SMILES string of the molecule is Cc1ccc(C2(C3CC3)CCCN2)c(C)c1. The van der Waals surface area contributed by atoms with Gasteiger partial charge in [-0.3, -0.25) is 0 Å². The summed E-state index contributed by atoms with van der Waals surface area (Å²) in [5.41, 5.74) is 4.75. The van der Waals surface area contributed by atoms with Gasteiger partial charge >= 0.3 is 0 Å². The first-order chi connectivity index (χ1) is 7.72. The summed E-state index contributed by atoms with van der Waals surface area (Å²) in [7, 11) is 0. The van der Waals surface area contributed by atoms with Crippen molar-refractivity contribution in [1.29, 1.82) is 0 Å². The summed E-state index contributed by atoms with van der Waals surface area (Å²) in [6.45, 7) is 5.65. The van der Waals surface area contributed by atoms with Crippen molar-refractivity contribution < 1.29 is 0 Å². The van der Waals surface area contributed by atoms with Gasteiger partial charge in [0.25, 0.3) is 0 Å². The molecule has 3 rings (SSSR count). The van der Waals surface area contributed by atoms with Crippen molar-refractivity contribution in [3.05, 3.63) is 34.9 Å². The number of benzene rings is 1. The zero-order valence-electron chi connectivity index (χ0n) is 10.3.